The Balaban J connectivity index is 1.80. The first kappa shape index (κ1) is 45.1. The number of likely N-dealkylation sites (tertiary alicyclic amines) is 1. The van der Waals surface area contributed by atoms with E-state index in [2.05, 4.69) is 26.6 Å². The van der Waals surface area contributed by atoms with Crippen LogP contribution in [0.2, 0.25) is 0 Å². The van der Waals surface area contributed by atoms with Gasteiger partial charge in [-0.2, -0.15) is 0 Å². The molecule has 18 heteroatoms. The summed E-state index contributed by atoms with van der Waals surface area (Å²) in [6, 6.07) is 6.18. The highest BCUT2D eigenvalue weighted by molar-refractivity contribution is 8.00. The SMILES string of the molecule is CCCOCCOCCOCCNC(=O)[C@H](CNC(=O)COCC(=O)Nc1ccc(CC)cc1)NC(=O)CCSC1CC(=O)N(CCC(=O)NC)C1=O. The Labute approximate surface area is 314 Å². The molecule has 1 aliphatic heterocycles. The number of nitrogens with zero attached hydrogens (tertiary/aromatic N) is 1. The number of imide groups is 1. The van der Waals surface area contributed by atoms with Crippen LogP contribution in [-0.4, -0.2) is 143 Å². The van der Waals surface area contributed by atoms with E-state index in [4.69, 9.17) is 18.9 Å². The van der Waals surface area contributed by atoms with E-state index in [0.717, 1.165) is 35.1 Å². The normalized spacial score (nSPS) is 14.5. The van der Waals surface area contributed by atoms with Gasteiger partial charge in [-0.1, -0.05) is 26.0 Å². The van der Waals surface area contributed by atoms with Crippen molar-refractivity contribution in [3.05, 3.63) is 29.8 Å². The number of anilines is 1. The van der Waals surface area contributed by atoms with Crippen LogP contribution in [0.5, 0.6) is 0 Å². The highest BCUT2D eigenvalue weighted by Crippen LogP contribution is 2.25. The molecule has 0 aromatic heterocycles. The molecule has 1 unspecified atom stereocenters. The van der Waals surface area contributed by atoms with Crippen LogP contribution in [0.15, 0.2) is 24.3 Å². The first-order chi connectivity index (χ1) is 25.6. The van der Waals surface area contributed by atoms with Gasteiger partial charge < -0.3 is 45.5 Å². The monoisotopic (exact) mass is 766 g/mol. The highest BCUT2D eigenvalue weighted by Gasteiger charge is 2.38. The zero-order valence-electron chi connectivity index (χ0n) is 30.8. The molecule has 53 heavy (non-hydrogen) atoms. The van der Waals surface area contributed by atoms with Crippen molar-refractivity contribution < 1.29 is 52.5 Å². The number of carbonyl (C=O) groups is 7. The van der Waals surface area contributed by atoms with Gasteiger partial charge in [-0.15, -0.1) is 11.8 Å². The lowest BCUT2D eigenvalue weighted by atomic mass is 10.1. The van der Waals surface area contributed by atoms with Crippen molar-refractivity contribution in [3.63, 3.8) is 0 Å². The van der Waals surface area contributed by atoms with Crippen LogP contribution in [-0.2, 0) is 58.9 Å². The second-order valence-corrected chi connectivity index (χ2v) is 13.1. The number of benzene rings is 1. The summed E-state index contributed by atoms with van der Waals surface area (Å²) in [5.74, 6) is -3.05. The first-order valence-electron chi connectivity index (χ1n) is 17.8. The lowest BCUT2D eigenvalue weighted by molar-refractivity contribution is -0.139. The summed E-state index contributed by atoms with van der Waals surface area (Å²) >= 11 is 1.14. The molecular formula is C35H54N6O11S. The van der Waals surface area contributed by atoms with E-state index in [1.807, 2.05) is 26.0 Å². The number of rotatable bonds is 28. The van der Waals surface area contributed by atoms with Gasteiger partial charge >= 0.3 is 0 Å². The average molecular weight is 767 g/mol. The molecule has 17 nitrogen and oxygen atoms in total. The van der Waals surface area contributed by atoms with Gasteiger partial charge in [0.15, 0.2) is 0 Å². The minimum absolute atomic E-state index is 0.00111. The van der Waals surface area contributed by atoms with E-state index in [9.17, 15) is 33.6 Å². The number of amides is 7. The van der Waals surface area contributed by atoms with Crippen molar-refractivity contribution in [2.45, 2.75) is 57.2 Å². The Hall–Kier alpha value is -4.10. The van der Waals surface area contributed by atoms with Crippen molar-refractivity contribution in [2.75, 3.05) is 90.6 Å². The van der Waals surface area contributed by atoms with Crippen LogP contribution in [0.1, 0.15) is 45.1 Å². The summed E-state index contributed by atoms with van der Waals surface area (Å²) < 4.78 is 21.5. The van der Waals surface area contributed by atoms with Crippen LogP contribution < -0.4 is 26.6 Å². The maximum absolute atomic E-state index is 13.0. The molecule has 5 N–H and O–H groups in total. The van der Waals surface area contributed by atoms with Crippen LogP contribution in [0.3, 0.4) is 0 Å². The van der Waals surface area contributed by atoms with Crippen molar-refractivity contribution >= 4 is 58.8 Å². The molecule has 1 saturated heterocycles. The maximum atomic E-state index is 13.0. The van der Waals surface area contributed by atoms with E-state index in [0.29, 0.717) is 38.7 Å². The molecule has 1 heterocycles. The summed E-state index contributed by atoms with van der Waals surface area (Å²) in [6.07, 6.45) is 1.69. The molecule has 0 aliphatic carbocycles. The summed E-state index contributed by atoms with van der Waals surface area (Å²) in [5.41, 5.74) is 1.72. The van der Waals surface area contributed by atoms with Crippen molar-refractivity contribution in [1.82, 2.24) is 26.2 Å². The Morgan fingerprint density at radius 1 is 0.811 bits per heavy atom. The minimum Gasteiger partial charge on any atom is -0.379 e. The fourth-order valence-electron chi connectivity index (χ4n) is 4.71. The van der Waals surface area contributed by atoms with Crippen molar-refractivity contribution in [2.24, 2.45) is 0 Å². The van der Waals surface area contributed by atoms with E-state index in [1.54, 1.807) is 12.1 Å². The molecule has 2 rings (SSSR count). The third-order valence-corrected chi connectivity index (χ3v) is 8.81. The lowest BCUT2D eigenvalue weighted by Gasteiger charge is -2.19. The molecule has 0 spiro atoms. The van der Waals surface area contributed by atoms with Gasteiger partial charge in [0.25, 0.3) is 0 Å². The van der Waals surface area contributed by atoms with Gasteiger partial charge in [-0.3, -0.25) is 38.5 Å². The molecular weight excluding hydrogens is 712 g/mol. The average Bonchev–Trinajstić information content (AvgIpc) is 3.42. The van der Waals surface area contributed by atoms with Crippen LogP contribution in [0.4, 0.5) is 5.69 Å². The molecule has 2 atom stereocenters. The van der Waals surface area contributed by atoms with Gasteiger partial charge in [-0.25, -0.2) is 0 Å². The fraction of sp³-hybridized carbons (Fsp3) is 0.629. The molecule has 1 aromatic rings. The number of ether oxygens (including phenoxy) is 4. The molecule has 1 fully saturated rings. The Morgan fingerprint density at radius 3 is 2.13 bits per heavy atom. The maximum Gasteiger partial charge on any atom is 0.250 e. The molecule has 296 valence electrons. The van der Waals surface area contributed by atoms with E-state index < -0.39 is 47.4 Å². The van der Waals surface area contributed by atoms with Crippen LogP contribution in [0, 0.1) is 0 Å². The van der Waals surface area contributed by atoms with Gasteiger partial charge in [0.2, 0.25) is 41.4 Å². The standard InChI is InChI=1S/C35H54N6O11S/c1-4-14-49-16-18-51-19-17-50-15-12-37-34(47)27(22-38-31(44)23-52-24-32(45)39-26-8-6-25(5-2)7-9-26)40-30(43)11-20-53-28-21-33(46)41(35(28)48)13-10-29(42)36-3/h6-9,27-28H,4-5,10-24H2,1-3H3,(H,36,42)(H,37,47)(H,38,44)(H,39,45)(H,40,43)/t27-,28?/m0/s1. The number of aryl methyl sites for hydroxylation is 1. The fourth-order valence-corrected chi connectivity index (χ4v) is 5.82. The predicted octanol–water partition coefficient (Wildman–Crippen LogP) is -0.232. The number of carbonyl (C=O) groups excluding carboxylic acids is 7. The highest BCUT2D eigenvalue weighted by atomic mass is 32.2. The van der Waals surface area contributed by atoms with Gasteiger partial charge in [0.05, 0.1) is 38.3 Å². The minimum atomic E-state index is -1.16. The van der Waals surface area contributed by atoms with Crippen LogP contribution in [0.25, 0.3) is 0 Å². The topological polar surface area (TPSA) is 220 Å². The molecule has 0 radical (unpaired) electrons. The van der Waals surface area contributed by atoms with E-state index >= 15 is 0 Å². The Kier molecular flexibility index (Phi) is 22.6. The predicted molar refractivity (Wildman–Crippen MR) is 197 cm³/mol. The van der Waals surface area contributed by atoms with E-state index in [-0.39, 0.29) is 69.7 Å². The Morgan fingerprint density at radius 2 is 1.47 bits per heavy atom. The zero-order valence-corrected chi connectivity index (χ0v) is 31.6. The van der Waals surface area contributed by atoms with Gasteiger partial charge in [0.1, 0.15) is 19.3 Å². The van der Waals surface area contributed by atoms with Crippen molar-refractivity contribution in [1.29, 1.82) is 0 Å². The number of hydrogen-bond donors (Lipinski definition) is 5. The van der Waals surface area contributed by atoms with Gasteiger partial charge in [0, 0.05) is 64.0 Å². The number of nitrogens with one attached hydrogen (secondary N) is 5. The molecule has 0 bridgehead atoms. The molecule has 1 aliphatic rings. The summed E-state index contributed by atoms with van der Waals surface area (Å²) in [7, 11) is 1.47. The summed E-state index contributed by atoms with van der Waals surface area (Å²) in [5, 5.41) is 12.3. The molecule has 0 saturated carbocycles. The summed E-state index contributed by atoms with van der Waals surface area (Å²) in [4.78, 5) is 88.1. The molecule has 7 amide bonds. The smallest absolute Gasteiger partial charge is 0.250 e. The zero-order chi connectivity index (χ0) is 38.8. The Bertz CT molecular complexity index is 1330. The molecule has 1 aromatic carbocycles. The quantitative estimate of drug-likeness (QED) is 0.0552. The lowest BCUT2D eigenvalue weighted by Crippen LogP contribution is -2.53. The van der Waals surface area contributed by atoms with Crippen LogP contribution >= 0.6 is 11.8 Å². The number of thioether (sulfide) groups is 1. The largest absolute Gasteiger partial charge is 0.379 e. The number of hydrogen-bond acceptors (Lipinski definition) is 12. The van der Waals surface area contributed by atoms with Crippen molar-refractivity contribution in [3.8, 4) is 0 Å². The van der Waals surface area contributed by atoms with Gasteiger partial charge in [-0.05, 0) is 30.5 Å². The first-order valence-corrected chi connectivity index (χ1v) is 18.8. The third-order valence-electron chi connectivity index (χ3n) is 7.60. The summed E-state index contributed by atoms with van der Waals surface area (Å²) in [6.45, 7) is 5.52. The second kappa shape index (κ2) is 26.6. The third kappa shape index (κ3) is 19.0. The van der Waals surface area contributed by atoms with E-state index in [1.165, 1.54) is 7.05 Å². The second-order valence-electron chi connectivity index (χ2n) is 11.8.